The van der Waals surface area contributed by atoms with Gasteiger partial charge in [-0.05, 0) is 25.8 Å². The van der Waals surface area contributed by atoms with Crippen LogP contribution in [-0.4, -0.2) is 34.2 Å². The van der Waals surface area contributed by atoms with Gasteiger partial charge in [-0.25, -0.2) is 0 Å². The molecule has 1 N–H and O–H groups in total. The first kappa shape index (κ1) is 12.5. The third-order valence-electron chi connectivity index (χ3n) is 3.98. The Kier molecular flexibility index (Phi) is 3.89. The van der Waals surface area contributed by atoms with Gasteiger partial charge >= 0.3 is 0 Å². The smallest absolute Gasteiger partial charge is 0.232 e. The molecule has 2 atom stereocenters. The fraction of sp³-hybridized carbons (Fsp3) is 0.846. The molecule has 5 heteroatoms. The van der Waals surface area contributed by atoms with E-state index in [0.717, 1.165) is 29.8 Å². The van der Waals surface area contributed by atoms with Gasteiger partial charge in [-0.3, -0.25) is 0 Å². The Balaban J connectivity index is 1.66. The lowest BCUT2D eigenvalue weighted by Gasteiger charge is -2.21. The van der Waals surface area contributed by atoms with Crippen LogP contribution in [-0.2, 0) is 0 Å². The van der Waals surface area contributed by atoms with Gasteiger partial charge in [-0.2, -0.15) is 16.7 Å². The van der Waals surface area contributed by atoms with E-state index in [0.29, 0.717) is 17.9 Å². The Bertz CT molecular complexity index is 391. The minimum absolute atomic E-state index is 0.405. The monoisotopic (exact) mass is 267 g/mol. The normalized spacial score (nSPS) is 28.5. The first-order chi connectivity index (χ1) is 8.88. The number of hydrogen-bond donors (Lipinski definition) is 1. The number of rotatable bonds is 5. The second kappa shape index (κ2) is 5.61. The zero-order chi connectivity index (χ0) is 12.4. The van der Waals surface area contributed by atoms with Crippen LogP contribution in [0.1, 0.15) is 56.2 Å². The van der Waals surface area contributed by atoms with Crippen LogP contribution in [0.3, 0.4) is 0 Å². The van der Waals surface area contributed by atoms with Crippen molar-refractivity contribution < 1.29 is 4.52 Å². The van der Waals surface area contributed by atoms with Gasteiger partial charge in [0.15, 0.2) is 5.82 Å². The number of nitrogens with one attached hydrogen (secondary N) is 1. The van der Waals surface area contributed by atoms with E-state index in [-0.39, 0.29) is 0 Å². The van der Waals surface area contributed by atoms with Crippen LogP contribution in [0.2, 0.25) is 0 Å². The summed E-state index contributed by atoms with van der Waals surface area (Å²) in [4.78, 5) is 4.64. The van der Waals surface area contributed by atoms with Gasteiger partial charge in [0.1, 0.15) is 0 Å². The maximum Gasteiger partial charge on any atom is 0.232 e. The van der Waals surface area contributed by atoms with E-state index in [1.165, 1.54) is 25.7 Å². The molecule has 4 nitrogen and oxygen atoms in total. The molecule has 2 aliphatic rings. The van der Waals surface area contributed by atoms with E-state index in [9.17, 15) is 0 Å². The third-order valence-corrected chi connectivity index (χ3v) is 5.17. The van der Waals surface area contributed by atoms with Crippen molar-refractivity contribution in [3.05, 3.63) is 11.7 Å². The molecule has 0 amide bonds. The summed E-state index contributed by atoms with van der Waals surface area (Å²) in [6, 6.07) is 0.504. The van der Waals surface area contributed by atoms with Gasteiger partial charge in [0.05, 0.1) is 5.92 Å². The highest BCUT2D eigenvalue weighted by atomic mass is 32.2. The molecule has 0 aromatic carbocycles. The highest BCUT2D eigenvalue weighted by Gasteiger charge is 2.34. The zero-order valence-corrected chi connectivity index (χ0v) is 11.7. The molecule has 100 valence electrons. The highest BCUT2D eigenvalue weighted by Crippen LogP contribution is 2.37. The summed E-state index contributed by atoms with van der Waals surface area (Å²) in [6.07, 6.45) is 4.95. The Morgan fingerprint density at radius 1 is 1.39 bits per heavy atom. The summed E-state index contributed by atoms with van der Waals surface area (Å²) >= 11 is 1.98. The van der Waals surface area contributed by atoms with Crippen LogP contribution in [0.25, 0.3) is 0 Å². The van der Waals surface area contributed by atoms with E-state index >= 15 is 0 Å². The summed E-state index contributed by atoms with van der Waals surface area (Å²) in [6.45, 7) is 3.27. The average molecular weight is 267 g/mol. The van der Waals surface area contributed by atoms with Crippen molar-refractivity contribution >= 4 is 11.8 Å². The molecule has 1 aromatic rings. The maximum absolute atomic E-state index is 5.50. The molecule has 1 aromatic heterocycles. The second-order valence-electron chi connectivity index (χ2n) is 5.32. The SMILES string of the molecule is CCCNC1CSCC1c1nc(C2CCC2)no1. The quantitative estimate of drug-likeness (QED) is 0.888. The molecule has 3 rings (SSSR count). The Morgan fingerprint density at radius 2 is 2.28 bits per heavy atom. The predicted octanol–water partition coefficient (Wildman–Crippen LogP) is 2.54. The zero-order valence-electron chi connectivity index (χ0n) is 10.9. The fourth-order valence-corrected chi connectivity index (χ4v) is 3.93. The van der Waals surface area contributed by atoms with Crippen LogP contribution < -0.4 is 5.32 Å². The lowest BCUT2D eigenvalue weighted by atomic mass is 9.85. The van der Waals surface area contributed by atoms with Gasteiger partial charge in [0.25, 0.3) is 0 Å². The van der Waals surface area contributed by atoms with E-state index in [2.05, 4.69) is 22.4 Å². The summed E-state index contributed by atoms with van der Waals surface area (Å²) in [5.41, 5.74) is 0. The number of hydrogen-bond acceptors (Lipinski definition) is 5. The first-order valence-corrected chi connectivity index (χ1v) is 8.18. The highest BCUT2D eigenvalue weighted by molar-refractivity contribution is 7.99. The van der Waals surface area contributed by atoms with Crippen molar-refractivity contribution in [2.75, 3.05) is 18.1 Å². The standard InChI is InChI=1S/C13H21N3OS/c1-2-6-14-11-8-18-7-10(11)13-15-12(16-17-13)9-4-3-5-9/h9-11,14H,2-8H2,1H3. The maximum atomic E-state index is 5.50. The van der Waals surface area contributed by atoms with Crippen molar-refractivity contribution in [3.63, 3.8) is 0 Å². The minimum atomic E-state index is 0.405. The van der Waals surface area contributed by atoms with Crippen LogP contribution >= 0.6 is 11.8 Å². The van der Waals surface area contributed by atoms with Gasteiger partial charge in [-0.1, -0.05) is 18.5 Å². The van der Waals surface area contributed by atoms with Crippen LogP contribution in [0, 0.1) is 0 Å². The second-order valence-corrected chi connectivity index (χ2v) is 6.40. The van der Waals surface area contributed by atoms with E-state index in [4.69, 9.17) is 4.52 Å². The third kappa shape index (κ3) is 2.43. The van der Waals surface area contributed by atoms with Crippen molar-refractivity contribution in [1.82, 2.24) is 15.5 Å². The Hall–Kier alpha value is -0.550. The molecule has 0 bridgehead atoms. The lowest BCUT2D eigenvalue weighted by molar-refractivity contribution is 0.325. The predicted molar refractivity (Wildman–Crippen MR) is 73.0 cm³/mol. The van der Waals surface area contributed by atoms with Crippen LogP contribution in [0.15, 0.2) is 4.52 Å². The molecular formula is C13H21N3OS. The van der Waals surface area contributed by atoms with Gasteiger partial charge < -0.3 is 9.84 Å². The van der Waals surface area contributed by atoms with E-state index < -0.39 is 0 Å². The van der Waals surface area contributed by atoms with Crippen molar-refractivity contribution in [2.24, 2.45) is 0 Å². The summed E-state index contributed by atoms with van der Waals surface area (Å²) in [7, 11) is 0. The minimum Gasteiger partial charge on any atom is -0.339 e. The molecule has 18 heavy (non-hydrogen) atoms. The molecule has 0 spiro atoms. The summed E-state index contributed by atoms with van der Waals surface area (Å²) in [5, 5.41) is 7.77. The first-order valence-electron chi connectivity index (χ1n) is 7.03. The molecule has 1 aliphatic heterocycles. The molecular weight excluding hydrogens is 246 g/mol. The lowest BCUT2D eigenvalue weighted by Crippen LogP contribution is -2.34. The molecule has 1 saturated carbocycles. The summed E-state index contributed by atoms with van der Waals surface area (Å²) < 4.78 is 5.50. The van der Waals surface area contributed by atoms with E-state index in [1.807, 2.05) is 11.8 Å². The molecule has 2 unspecified atom stereocenters. The Labute approximate surface area is 112 Å². The molecule has 2 fully saturated rings. The fourth-order valence-electron chi connectivity index (χ4n) is 2.56. The van der Waals surface area contributed by atoms with Crippen molar-refractivity contribution in [1.29, 1.82) is 0 Å². The van der Waals surface area contributed by atoms with Crippen molar-refractivity contribution in [3.8, 4) is 0 Å². The largest absolute Gasteiger partial charge is 0.339 e. The van der Waals surface area contributed by atoms with Gasteiger partial charge in [0.2, 0.25) is 5.89 Å². The Morgan fingerprint density at radius 3 is 3.00 bits per heavy atom. The van der Waals surface area contributed by atoms with E-state index in [1.54, 1.807) is 0 Å². The number of thioether (sulfide) groups is 1. The van der Waals surface area contributed by atoms with Crippen molar-refractivity contribution in [2.45, 2.75) is 50.5 Å². The average Bonchev–Trinajstić information content (AvgIpc) is 2.91. The van der Waals surface area contributed by atoms with Gasteiger partial charge in [0, 0.05) is 23.5 Å². The molecule has 1 saturated heterocycles. The molecule has 1 aliphatic carbocycles. The summed E-state index contributed by atoms with van der Waals surface area (Å²) in [5.74, 6) is 5.04. The molecule has 2 heterocycles. The molecule has 0 radical (unpaired) electrons. The number of nitrogens with zero attached hydrogens (tertiary/aromatic N) is 2. The number of aromatic nitrogens is 2. The topological polar surface area (TPSA) is 51.0 Å². The van der Waals surface area contributed by atoms with Gasteiger partial charge in [-0.15, -0.1) is 0 Å². The van der Waals surface area contributed by atoms with Crippen LogP contribution in [0.4, 0.5) is 0 Å². The van der Waals surface area contributed by atoms with Crippen LogP contribution in [0.5, 0.6) is 0 Å².